The molecule has 0 unspecified atom stereocenters. The highest BCUT2D eigenvalue weighted by molar-refractivity contribution is 7.98. The average Bonchev–Trinajstić information content (AvgIpc) is 2.85. The fourth-order valence-corrected chi connectivity index (χ4v) is 4.04. The monoisotopic (exact) mass is 273 g/mol. The first kappa shape index (κ1) is 10.7. The Hall–Kier alpha value is -0.390. The minimum Gasteiger partial charge on any atom is -0.353 e. The van der Waals surface area contributed by atoms with E-state index in [2.05, 4.69) is 15.0 Å². The molecule has 0 radical (unpaired) electrons. The summed E-state index contributed by atoms with van der Waals surface area (Å²) in [6, 6.07) is 2.54. The summed E-state index contributed by atoms with van der Waals surface area (Å²) >= 11 is 9.02. The summed E-state index contributed by atoms with van der Waals surface area (Å²) in [5.74, 6) is 0.878. The number of fused-ring (bicyclic) bond motifs is 1. The van der Waals surface area contributed by atoms with E-state index in [0.29, 0.717) is 6.04 Å². The fourth-order valence-electron chi connectivity index (χ4n) is 2.05. The van der Waals surface area contributed by atoms with Crippen LogP contribution in [0.25, 0.3) is 0 Å². The summed E-state index contributed by atoms with van der Waals surface area (Å²) in [6.07, 6.45) is 5.16. The van der Waals surface area contributed by atoms with E-state index in [-0.39, 0.29) is 0 Å². The second-order valence-corrected chi connectivity index (χ2v) is 6.51. The molecule has 1 aliphatic carbocycles. The Labute approximate surface area is 108 Å². The lowest BCUT2D eigenvalue weighted by molar-refractivity contribution is 0.630. The van der Waals surface area contributed by atoms with Crippen molar-refractivity contribution in [3.05, 3.63) is 10.4 Å². The number of thiophene rings is 1. The van der Waals surface area contributed by atoms with Crippen molar-refractivity contribution in [1.82, 2.24) is 5.32 Å². The first-order valence-electron chi connectivity index (χ1n) is 5.39. The third kappa shape index (κ3) is 2.17. The zero-order valence-corrected chi connectivity index (χ0v) is 11.0. The number of hydrogen-bond donors (Lipinski definition) is 2. The molecule has 2 aliphatic rings. The molecule has 1 aliphatic heterocycles. The lowest BCUT2D eigenvalue weighted by Gasteiger charge is -2.19. The molecule has 16 heavy (non-hydrogen) atoms. The van der Waals surface area contributed by atoms with Crippen LogP contribution in [0.1, 0.15) is 25.7 Å². The lowest BCUT2D eigenvalue weighted by Crippen LogP contribution is -2.37. The van der Waals surface area contributed by atoms with E-state index < -0.39 is 0 Å². The Balaban J connectivity index is 1.68. The molecule has 2 heterocycles. The van der Waals surface area contributed by atoms with Crippen molar-refractivity contribution < 1.29 is 0 Å². The van der Waals surface area contributed by atoms with Crippen LogP contribution in [0.5, 0.6) is 0 Å². The van der Waals surface area contributed by atoms with Crippen LogP contribution in [0.15, 0.2) is 15.4 Å². The molecule has 0 bridgehead atoms. The van der Waals surface area contributed by atoms with Crippen LogP contribution in [0.3, 0.4) is 0 Å². The number of rotatable bonds is 1. The molecule has 3 rings (SSSR count). The van der Waals surface area contributed by atoms with E-state index in [9.17, 15) is 0 Å². The van der Waals surface area contributed by atoms with Crippen LogP contribution in [0, 0.1) is 0 Å². The van der Waals surface area contributed by atoms with Gasteiger partial charge in [0, 0.05) is 18.0 Å². The third-order valence-corrected chi connectivity index (χ3v) is 4.93. The van der Waals surface area contributed by atoms with Gasteiger partial charge in [-0.25, -0.2) is 0 Å². The van der Waals surface area contributed by atoms with E-state index in [1.165, 1.54) is 37.6 Å². The summed E-state index contributed by atoms with van der Waals surface area (Å²) < 4.78 is 5.21. The normalized spacial score (nSPS) is 20.2. The Morgan fingerprint density at radius 2 is 2.25 bits per heavy atom. The molecule has 0 saturated heterocycles. The minimum absolute atomic E-state index is 0.587. The van der Waals surface area contributed by atoms with E-state index in [1.807, 2.05) is 6.07 Å². The largest absolute Gasteiger partial charge is 0.353 e. The van der Waals surface area contributed by atoms with Gasteiger partial charge in [0.25, 0.3) is 0 Å². The van der Waals surface area contributed by atoms with Gasteiger partial charge in [-0.3, -0.25) is 0 Å². The van der Waals surface area contributed by atoms with Crippen molar-refractivity contribution in [2.45, 2.75) is 36.6 Å². The predicted octanol–water partition coefficient (Wildman–Crippen LogP) is 3.72. The van der Waals surface area contributed by atoms with Crippen molar-refractivity contribution in [3.63, 3.8) is 0 Å². The predicted molar refractivity (Wildman–Crippen MR) is 71.6 cm³/mol. The SMILES string of the molecule is Clc1cc2c(s1)NC(NC1CCCC1)=NS2. The molecular weight excluding hydrogens is 262 g/mol. The van der Waals surface area contributed by atoms with Gasteiger partial charge in [0.2, 0.25) is 5.96 Å². The van der Waals surface area contributed by atoms with Crippen molar-refractivity contribution in [1.29, 1.82) is 0 Å². The first-order valence-corrected chi connectivity index (χ1v) is 7.36. The fraction of sp³-hybridized carbons (Fsp3) is 0.500. The van der Waals surface area contributed by atoms with Crippen LogP contribution in [0.2, 0.25) is 4.34 Å². The number of anilines is 1. The summed E-state index contributed by atoms with van der Waals surface area (Å²) in [6.45, 7) is 0. The summed E-state index contributed by atoms with van der Waals surface area (Å²) in [7, 11) is 0. The highest BCUT2D eigenvalue weighted by Crippen LogP contribution is 2.41. The maximum atomic E-state index is 5.96. The van der Waals surface area contributed by atoms with Crippen LogP contribution in [-0.4, -0.2) is 12.0 Å². The van der Waals surface area contributed by atoms with Gasteiger partial charge < -0.3 is 10.6 Å². The van der Waals surface area contributed by atoms with Gasteiger partial charge in [0.15, 0.2) is 0 Å². The molecule has 2 N–H and O–H groups in total. The summed E-state index contributed by atoms with van der Waals surface area (Å²) in [4.78, 5) is 1.12. The molecule has 0 aromatic carbocycles. The second kappa shape index (κ2) is 4.47. The molecule has 1 aromatic rings. The number of guanidine groups is 1. The minimum atomic E-state index is 0.587. The van der Waals surface area contributed by atoms with Gasteiger partial charge in [-0.1, -0.05) is 24.4 Å². The Morgan fingerprint density at radius 3 is 3.06 bits per heavy atom. The van der Waals surface area contributed by atoms with Gasteiger partial charge in [0.05, 0.1) is 9.23 Å². The van der Waals surface area contributed by atoms with Gasteiger partial charge in [0.1, 0.15) is 5.00 Å². The lowest BCUT2D eigenvalue weighted by atomic mass is 10.2. The Bertz CT molecular complexity index is 424. The van der Waals surface area contributed by atoms with Gasteiger partial charge >= 0.3 is 0 Å². The molecule has 1 fully saturated rings. The van der Waals surface area contributed by atoms with Gasteiger partial charge in [-0.05, 0) is 18.9 Å². The van der Waals surface area contributed by atoms with Crippen LogP contribution < -0.4 is 10.6 Å². The van der Waals surface area contributed by atoms with Crippen LogP contribution in [-0.2, 0) is 0 Å². The molecule has 0 atom stereocenters. The van der Waals surface area contributed by atoms with Crippen LogP contribution >= 0.6 is 34.9 Å². The molecule has 3 nitrogen and oxygen atoms in total. The van der Waals surface area contributed by atoms with E-state index in [0.717, 1.165) is 20.2 Å². The average molecular weight is 274 g/mol. The van der Waals surface area contributed by atoms with Crippen LogP contribution in [0.4, 0.5) is 5.00 Å². The van der Waals surface area contributed by atoms with Gasteiger partial charge in [-0.2, -0.15) is 4.40 Å². The van der Waals surface area contributed by atoms with Gasteiger partial charge in [-0.15, -0.1) is 11.3 Å². The quantitative estimate of drug-likeness (QED) is 0.766. The van der Waals surface area contributed by atoms with E-state index in [4.69, 9.17) is 11.6 Å². The molecule has 1 aromatic heterocycles. The third-order valence-electron chi connectivity index (χ3n) is 2.83. The standard InChI is InChI=1S/C10H12ClN3S2/c11-8-5-7-9(15-8)13-10(14-16-7)12-6-3-1-2-4-6/h5-6H,1-4H2,(H2,12,13,14). The number of hydrogen-bond acceptors (Lipinski definition) is 5. The zero-order chi connectivity index (χ0) is 11.0. The highest BCUT2D eigenvalue weighted by Gasteiger charge is 2.20. The topological polar surface area (TPSA) is 36.4 Å². The summed E-state index contributed by atoms with van der Waals surface area (Å²) in [5.41, 5.74) is 0. The van der Waals surface area contributed by atoms with E-state index in [1.54, 1.807) is 11.3 Å². The first-order chi connectivity index (χ1) is 7.81. The molecular formula is C10H12ClN3S2. The van der Waals surface area contributed by atoms with Crippen molar-refractivity contribution in [3.8, 4) is 0 Å². The number of halogens is 1. The number of nitrogens with zero attached hydrogens (tertiary/aromatic N) is 1. The molecule has 1 saturated carbocycles. The summed E-state index contributed by atoms with van der Waals surface area (Å²) in [5, 5.41) is 7.85. The smallest absolute Gasteiger partial charge is 0.208 e. The maximum Gasteiger partial charge on any atom is 0.208 e. The van der Waals surface area contributed by atoms with Crippen molar-refractivity contribution in [2.75, 3.05) is 5.32 Å². The second-order valence-electron chi connectivity index (χ2n) is 4.03. The molecule has 86 valence electrons. The van der Waals surface area contributed by atoms with Crippen molar-refractivity contribution >= 4 is 45.8 Å². The van der Waals surface area contributed by atoms with E-state index >= 15 is 0 Å². The maximum absolute atomic E-state index is 5.96. The Kier molecular flexibility index (Phi) is 3.00. The molecule has 6 heteroatoms. The Morgan fingerprint density at radius 1 is 1.44 bits per heavy atom. The van der Waals surface area contributed by atoms with Crippen molar-refractivity contribution in [2.24, 2.45) is 4.40 Å². The molecule has 0 amide bonds. The highest BCUT2D eigenvalue weighted by atomic mass is 35.5. The molecule has 0 spiro atoms. The zero-order valence-electron chi connectivity index (χ0n) is 8.62. The number of nitrogens with one attached hydrogen (secondary N) is 2.